The van der Waals surface area contributed by atoms with Gasteiger partial charge in [0.05, 0.1) is 0 Å². The highest BCUT2D eigenvalue weighted by Crippen LogP contribution is 2.37. The van der Waals surface area contributed by atoms with Gasteiger partial charge in [0, 0.05) is 81.0 Å². The maximum Gasteiger partial charge on any atom is 0.260 e. The third-order valence-corrected chi connectivity index (χ3v) is 16.0. The first-order valence-electron chi connectivity index (χ1n) is 29.3. The molecule has 0 heterocycles. The number of hydrogen-bond acceptors (Lipinski definition) is 8. The van der Waals surface area contributed by atoms with E-state index < -0.39 is 5.79 Å². The SMILES string of the molecule is COC(OC)(C(=O)c1ccccc1)c1ccccc1.Cc1ccc(/C=C2\CC(C)C/C(=C\c3ccc(C)cc3)C2=O)cc1.O=C1c2ccccc2-c2ccccc21.O=C1c2ccccc2C(=O)c2ccccc21.O=C1c2ccccc2Cc2ccccc21. The van der Waals surface area contributed by atoms with Crippen LogP contribution in [0.5, 0.6) is 0 Å². The molecule has 4 aliphatic rings. The molecule has 0 radical (unpaired) electrons. The topological polar surface area (TPSA) is 121 Å². The van der Waals surface area contributed by atoms with Crippen molar-refractivity contribution < 1.29 is 38.2 Å². The number of rotatable bonds is 7. The zero-order chi connectivity index (χ0) is 61.7. The van der Waals surface area contributed by atoms with Crippen LogP contribution < -0.4 is 0 Å². The zero-order valence-electron chi connectivity index (χ0n) is 49.9. The molecule has 1 fully saturated rings. The van der Waals surface area contributed by atoms with E-state index in [-0.39, 0.29) is 34.7 Å². The summed E-state index contributed by atoms with van der Waals surface area (Å²) < 4.78 is 10.8. The van der Waals surface area contributed by atoms with E-state index in [0.717, 1.165) is 86.0 Å². The van der Waals surface area contributed by atoms with Gasteiger partial charge in [0.2, 0.25) is 5.78 Å². The predicted molar refractivity (Wildman–Crippen MR) is 349 cm³/mol. The van der Waals surface area contributed by atoms with Crippen molar-refractivity contribution in [3.05, 3.63) is 355 Å². The summed E-state index contributed by atoms with van der Waals surface area (Å²) in [7, 11) is 2.94. The van der Waals surface area contributed by atoms with Crippen LogP contribution in [0, 0.1) is 19.8 Å². The molecule has 0 bridgehead atoms. The predicted octanol–water partition coefficient (Wildman–Crippen LogP) is 17.0. The summed E-state index contributed by atoms with van der Waals surface area (Å²) in [4.78, 5) is 73.8. The van der Waals surface area contributed by atoms with Crippen molar-refractivity contribution in [3.8, 4) is 11.1 Å². The van der Waals surface area contributed by atoms with Crippen molar-refractivity contribution >= 4 is 46.9 Å². The average molecular weight is 1160 g/mol. The number of allylic oxidation sites excluding steroid dienone is 2. The van der Waals surface area contributed by atoms with E-state index in [9.17, 15) is 28.8 Å². The number of hydrogen-bond donors (Lipinski definition) is 0. The van der Waals surface area contributed by atoms with Gasteiger partial charge in [-0.3, -0.25) is 28.8 Å². The van der Waals surface area contributed by atoms with E-state index >= 15 is 0 Å². The van der Waals surface area contributed by atoms with Gasteiger partial charge < -0.3 is 9.47 Å². The van der Waals surface area contributed by atoms with Crippen LogP contribution in [0.3, 0.4) is 0 Å². The number of methoxy groups -OCH3 is 2. The molecule has 0 amide bonds. The van der Waals surface area contributed by atoms with Crippen molar-refractivity contribution in [2.45, 2.75) is 45.8 Å². The number of aryl methyl sites for hydroxylation is 2. The van der Waals surface area contributed by atoms with Gasteiger partial charge >= 0.3 is 0 Å². The third-order valence-electron chi connectivity index (χ3n) is 16.0. The number of ether oxygens (including phenoxy) is 2. The van der Waals surface area contributed by atoms with Gasteiger partial charge in [0.25, 0.3) is 5.79 Å². The summed E-state index contributed by atoms with van der Waals surface area (Å²) >= 11 is 0. The molecule has 88 heavy (non-hydrogen) atoms. The number of ketones is 6. The Bertz CT molecular complexity index is 4010. The van der Waals surface area contributed by atoms with E-state index in [1.807, 2.05) is 146 Å². The molecule has 0 saturated heterocycles. The van der Waals surface area contributed by atoms with Gasteiger partial charge in [-0.25, -0.2) is 0 Å². The van der Waals surface area contributed by atoms with Crippen LogP contribution >= 0.6 is 0 Å². The Morgan fingerprint density at radius 1 is 0.364 bits per heavy atom. The maximum absolute atomic E-state index is 12.9. The molecule has 0 spiro atoms. The van der Waals surface area contributed by atoms with Crippen molar-refractivity contribution in [1.82, 2.24) is 0 Å². The van der Waals surface area contributed by atoms with Gasteiger partial charge in [0.1, 0.15) is 0 Å². The summed E-state index contributed by atoms with van der Waals surface area (Å²) in [6.45, 7) is 6.37. The molecular weight excluding hydrogens is 1090 g/mol. The molecular formula is C80H66O8. The number of Topliss-reactive ketones (excluding diaryl/α,β-unsaturated/α-hetero) is 2. The number of carbonyl (C=O) groups excluding carboxylic acids is 6. The summed E-state index contributed by atoms with van der Waals surface area (Å²) in [5.74, 6) is -0.738. The first-order chi connectivity index (χ1) is 42.8. The van der Waals surface area contributed by atoms with Crippen LogP contribution in [0.2, 0.25) is 0 Å². The standard InChI is InChI=1S/C23H24O.C16H16O3.C14H8O2.C14H10O.C13H8O/c1-16-4-8-19(9-5-16)14-21-12-18(3)13-22(23(21)24)15-20-10-6-17(2)7-11-20;1-18-16(19-2,14-11-7-4-8-12-14)15(17)13-9-5-3-6-10-13;15-13-9-5-1-2-6-10(9)14(16)12-8-4-3-7-11(12)13;15-14-12-7-3-1-5-10(12)9-11-6-2-4-8-13(11)14;14-13-11-7-3-1-5-9(11)10-6-2-4-8-12(10)13/h4-11,14-15,18H,12-13H2,1-3H3;3-12H,1-2H3;1-8H;1-8H,9H2;1-8H/b21-14+,22-15+;;;;. The van der Waals surface area contributed by atoms with Gasteiger partial charge in [0.15, 0.2) is 28.9 Å². The lowest BCUT2D eigenvalue weighted by Crippen LogP contribution is -2.39. The minimum Gasteiger partial charge on any atom is -0.343 e. The number of fused-ring (bicyclic) bond motifs is 7. The summed E-state index contributed by atoms with van der Waals surface area (Å²) in [6.07, 6.45) is 6.70. The largest absolute Gasteiger partial charge is 0.343 e. The second-order valence-electron chi connectivity index (χ2n) is 22.1. The Morgan fingerprint density at radius 3 is 1.02 bits per heavy atom. The summed E-state index contributed by atoms with van der Waals surface area (Å²) in [5.41, 5.74) is 17.6. The minimum atomic E-state index is -1.40. The maximum atomic E-state index is 12.9. The fourth-order valence-corrected chi connectivity index (χ4v) is 11.4. The quantitative estimate of drug-likeness (QED) is 0.0879. The molecule has 4 aliphatic carbocycles. The smallest absolute Gasteiger partial charge is 0.260 e. The highest BCUT2D eigenvalue weighted by molar-refractivity contribution is 6.28. The van der Waals surface area contributed by atoms with Gasteiger partial charge in [-0.15, -0.1) is 0 Å². The number of carbonyl (C=O) groups is 6. The van der Waals surface area contributed by atoms with Crippen molar-refractivity contribution in [2.75, 3.05) is 14.2 Å². The van der Waals surface area contributed by atoms with E-state index in [4.69, 9.17) is 9.47 Å². The van der Waals surface area contributed by atoms with Crippen LogP contribution in [0.25, 0.3) is 23.3 Å². The Morgan fingerprint density at radius 2 is 0.659 bits per heavy atom. The molecule has 8 heteroatoms. The highest BCUT2D eigenvalue weighted by Gasteiger charge is 2.41. The fraction of sp³-hybridized carbons (Fsp3) is 0.125. The molecule has 0 N–H and O–H groups in total. The molecule has 1 saturated carbocycles. The first-order valence-corrected chi connectivity index (χ1v) is 29.3. The number of benzene rings is 10. The molecule has 434 valence electrons. The summed E-state index contributed by atoms with van der Waals surface area (Å²) in [6, 6.07) is 80.0. The van der Waals surface area contributed by atoms with E-state index in [1.165, 1.54) is 25.3 Å². The first kappa shape index (κ1) is 60.7. The normalized spacial score (nSPS) is 14.9. The zero-order valence-corrected chi connectivity index (χ0v) is 49.9. The second kappa shape index (κ2) is 27.8. The fourth-order valence-electron chi connectivity index (χ4n) is 11.4. The van der Waals surface area contributed by atoms with Crippen LogP contribution in [-0.2, 0) is 26.5 Å². The average Bonchev–Trinajstić information content (AvgIpc) is 2.82. The highest BCUT2D eigenvalue weighted by atomic mass is 16.7. The Labute approximate surface area is 514 Å². The molecule has 0 unspecified atom stereocenters. The van der Waals surface area contributed by atoms with Gasteiger partial charge in [-0.2, -0.15) is 0 Å². The third kappa shape index (κ3) is 13.3. The lowest BCUT2D eigenvalue weighted by molar-refractivity contribution is -0.176. The van der Waals surface area contributed by atoms with Crippen LogP contribution in [-0.4, -0.2) is 48.9 Å². The Balaban J connectivity index is 0.000000123. The van der Waals surface area contributed by atoms with E-state index in [0.29, 0.717) is 39.3 Å². The van der Waals surface area contributed by atoms with Gasteiger partial charge in [-0.05, 0) is 84.6 Å². The molecule has 8 nitrogen and oxygen atoms in total. The van der Waals surface area contributed by atoms with Crippen LogP contribution in [0.15, 0.2) is 266 Å². The van der Waals surface area contributed by atoms with Crippen molar-refractivity contribution in [2.24, 2.45) is 5.92 Å². The molecule has 10 aromatic rings. The Kier molecular flexibility index (Phi) is 19.2. The second-order valence-corrected chi connectivity index (χ2v) is 22.1. The molecule has 0 aliphatic heterocycles. The monoisotopic (exact) mass is 1150 g/mol. The molecule has 0 atom stereocenters. The van der Waals surface area contributed by atoms with E-state index in [1.54, 1.807) is 60.7 Å². The summed E-state index contributed by atoms with van der Waals surface area (Å²) in [5, 5.41) is 0. The van der Waals surface area contributed by atoms with Crippen LogP contribution in [0.1, 0.15) is 133 Å². The lowest BCUT2D eigenvalue weighted by Gasteiger charge is -2.29. The van der Waals surface area contributed by atoms with Crippen molar-refractivity contribution in [3.63, 3.8) is 0 Å². The Hall–Kier alpha value is -10.4. The molecule has 10 aromatic carbocycles. The van der Waals surface area contributed by atoms with E-state index in [2.05, 4.69) is 81.5 Å². The molecule has 0 aromatic heterocycles. The molecule has 14 rings (SSSR count). The van der Waals surface area contributed by atoms with Crippen LogP contribution in [0.4, 0.5) is 0 Å². The van der Waals surface area contributed by atoms with Crippen molar-refractivity contribution in [1.29, 1.82) is 0 Å². The lowest BCUT2D eigenvalue weighted by atomic mass is 9.81. The minimum absolute atomic E-state index is 0.0641. The van der Waals surface area contributed by atoms with Gasteiger partial charge in [-0.1, -0.05) is 273 Å².